The Balaban J connectivity index is 1.75. The van der Waals surface area contributed by atoms with Crippen molar-refractivity contribution in [3.05, 3.63) is 63.5 Å². The average molecular weight is 562 g/mol. The summed E-state index contributed by atoms with van der Waals surface area (Å²) in [4.78, 5) is 5.57. The number of rotatable bonds is 4. The molecule has 3 aliphatic rings. The summed E-state index contributed by atoms with van der Waals surface area (Å²) in [5, 5.41) is 0.155. The van der Waals surface area contributed by atoms with Crippen molar-refractivity contribution >= 4 is 8.32 Å². The molecule has 40 heavy (non-hydrogen) atoms. The third-order valence-corrected chi connectivity index (χ3v) is 14.9. The van der Waals surface area contributed by atoms with Gasteiger partial charge in [-0.25, -0.2) is 0 Å². The van der Waals surface area contributed by atoms with Crippen LogP contribution in [-0.4, -0.2) is 13.3 Å². The van der Waals surface area contributed by atoms with E-state index in [-0.39, 0.29) is 33.7 Å². The standard InChI is InChI=1S/C36H55NO2Si/c1-23(2)31-29-30(28-26(37-31)21-35(9,10)22-27(28)39-40(11,12)34(6,7)8)36(19-13-14-20-36)38-32(29)24-15-17-25(18-16-24)33(3,4)5/h15-18,23,27,32H,13-14,19-22H2,1-12H3/t27?,32-/m1/s1. The van der Waals surface area contributed by atoms with Crippen LogP contribution >= 0.6 is 0 Å². The molecule has 4 heteroatoms. The molecule has 5 rings (SSSR count). The Kier molecular flexibility index (Phi) is 7.33. The lowest BCUT2D eigenvalue weighted by Crippen LogP contribution is -2.44. The largest absolute Gasteiger partial charge is 0.410 e. The summed E-state index contributed by atoms with van der Waals surface area (Å²) < 4.78 is 14.7. The van der Waals surface area contributed by atoms with Crippen molar-refractivity contribution in [1.29, 1.82) is 0 Å². The highest BCUT2D eigenvalue weighted by Gasteiger charge is 2.54. The van der Waals surface area contributed by atoms with Crippen molar-refractivity contribution in [3.63, 3.8) is 0 Å². The van der Waals surface area contributed by atoms with E-state index in [1.807, 2.05) is 0 Å². The Bertz CT molecular complexity index is 1250. The van der Waals surface area contributed by atoms with Crippen LogP contribution in [0.5, 0.6) is 0 Å². The molecular formula is C36H55NO2Si. The zero-order valence-electron chi connectivity index (χ0n) is 27.5. The minimum atomic E-state index is -2.02. The lowest BCUT2D eigenvalue weighted by Gasteiger charge is -2.45. The fourth-order valence-electron chi connectivity index (χ4n) is 7.17. The molecule has 0 bridgehead atoms. The van der Waals surface area contributed by atoms with E-state index in [1.165, 1.54) is 52.0 Å². The molecule has 2 heterocycles. The van der Waals surface area contributed by atoms with Crippen LogP contribution in [0, 0.1) is 5.41 Å². The maximum atomic E-state index is 7.37. The van der Waals surface area contributed by atoms with Gasteiger partial charge in [0, 0.05) is 22.5 Å². The fraction of sp³-hybridized carbons (Fsp3) is 0.694. The van der Waals surface area contributed by atoms with Crippen LogP contribution in [0.4, 0.5) is 0 Å². The first-order chi connectivity index (χ1) is 18.4. The van der Waals surface area contributed by atoms with Gasteiger partial charge in [0.2, 0.25) is 0 Å². The molecule has 1 unspecified atom stereocenters. The van der Waals surface area contributed by atoms with Crippen LogP contribution in [0.1, 0.15) is 159 Å². The molecule has 1 fully saturated rings. The highest BCUT2D eigenvalue weighted by molar-refractivity contribution is 6.74. The lowest BCUT2D eigenvalue weighted by atomic mass is 9.70. The zero-order chi connectivity index (χ0) is 29.5. The van der Waals surface area contributed by atoms with Gasteiger partial charge in [0.05, 0.1) is 11.7 Å². The number of aromatic nitrogens is 1. The van der Waals surface area contributed by atoms with E-state index in [0.717, 1.165) is 25.7 Å². The molecule has 0 saturated heterocycles. The number of nitrogens with zero attached hydrogens (tertiary/aromatic N) is 1. The van der Waals surface area contributed by atoms with Gasteiger partial charge in [0.15, 0.2) is 8.32 Å². The molecule has 0 amide bonds. The second kappa shape index (κ2) is 9.78. The van der Waals surface area contributed by atoms with Crippen LogP contribution in [0.25, 0.3) is 0 Å². The quantitative estimate of drug-likeness (QED) is 0.348. The van der Waals surface area contributed by atoms with E-state index in [9.17, 15) is 0 Å². The summed E-state index contributed by atoms with van der Waals surface area (Å²) >= 11 is 0. The monoisotopic (exact) mass is 561 g/mol. The van der Waals surface area contributed by atoms with Crippen molar-refractivity contribution in [3.8, 4) is 0 Å². The number of hydrogen-bond donors (Lipinski definition) is 0. The fourth-order valence-corrected chi connectivity index (χ4v) is 8.44. The van der Waals surface area contributed by atoms with Gasteiger partial charge in [-0.3, -0.25) is 4.98 Å². The lowest BCUT2D eigenvalue weighted by molar-refractivity contribution is -0.0579. The van der Waals surface area contributed by atoms with Crippen LogP contribution < -0.4 is 0 Å². The normalized spacial score (nSPS) is 24.0. The summed E-state index contributed by atoms with van der Waals surface area (Å²) in [7, 11) is -2.02. The molecule has 1 saturated carbocycles. The van der Waals surface area contributed by atoms with E-state index >= 15 is 0 Å². The first-order valence-corrected chi connectivity index (χ1v) is 18.8. The van der Waals surface area contributed by atoms with Crippen LogP contribution in [0.3, 0.4) is 0 Å². The molecule has 0 N–H and O–H groups in total. The Hall–Kier alpha value is -1.49. The molecule has 220 valence electrons. The molecule has 1 aromatic carbocycles. The number of fused-ring (bicyclic) bond motifs is 4. The highest BCUT2D eigenvalue weighted by atomic mass is 28.4. The van der Waals surface area contributed by atoms with Crippen LogP contribution in [0.2, 0.25) is 18.1 Å². The summed E-state index contributed by atoms with van der Waals surface area (Å²) in [5.74, 6) is 0.334. The van der Waals surface area contributed by atoms with Gasteiger partial charge in [-0.15, -0.1) is 0 Å². The molecule has 1 aliphatic heterocycles. The maximum absolute atomic E-state index is 7.37. The second-order valence-corrected chi connectivity index (χ2v) is 21.5. The predicted octanol–water partition coefficient (Wildman–Crippen LogP) is 10.4. The maximum Gasteiger partial charge on any atom is 0.192 e. The SMILES string of the molecule is CC(C)c1nc2c(c3c1[C@@H](c1ccc(C(C)(C)C)cc1)OC31CCCC1)C(O[Si](C)(C)C(C)(C)C)CC(C)(C)C2. The minimum Gasteiger partial charge on any atom is -0.410 e. The number of pyridine rings is 1. The van der Waals surface area contributed by atoms with Crippen molar-refractivity contribution in [2.45, 2.75) is 155 Å². The number of ether oxygens (including phenoxy) is 1. The molecule has 0 radical (unpaired) electrons. The highest BCUT2D eigenvalue weighted by Crippen LogP contribution is 2.60. The molecule has 1 spiro atoms. The van der Waals surface area contributed by atoms with Gasteiger partial charge in [0.1, 0.15) is 6.10 Å². The van der Waals surface area contributed by atoms with Crippen molar-refractivity contribution in [2.24, 2.45) is 5.41 Å². The van der Waals surface area contributed by atoms with Gasteiger partial charge in [-0.2, -0.15) is 0 Å². The van der Waals surface area contributed by atoms with E-state index in [4.69, 9.17) is 14.1 Å². The Morgan fingerprint density at radius 2 is 1.55 bits per heavy atom. The summed E-state index contributed by atoms with van der Waals surface area (Å²) in [5.41, 5.74) is 9.44. The first kappa shape index (κ1) is 30.0. The topological polar surface area (TPSA) is 31.4 Å². The van der Waals surface area contributed by atoms with E-state index in [2.05, 4.69) is 107 Å². The van der Waals surface area contributed by atoms with E-state index in [0.29, 0.717) is 5.92 Å². The molecule has 3 nitrogen and oxygen atoms in total. The summed E-state index contributed by atoms with van der Waals surface area (Å²) in [6.45, 7) is 28.2. The third kappa shape index (κ3) is 5.15. The zero-order valence-corrected chi connectivity index (χ0v) is 28.5. The summed E-state index contributed by atoms with van der Waals surface area (Å²) in [6.07, 6.45) is 6.70. The Labute approximate surface area is 246 Å². The Morgan fingerprint density at radius 1 is 0.950 bits per heavy atom. The summed E-state index contributed by atoms with van der Waals surface area (Å²) in [6, 6.07) is 9.26. The number of benzene rings is 1. The third-order valence-electron chi connectivity index (χ3n) is 10.4. The van der Waals surface area contributed by atoms with Crippen molar-refractivity contribution < 1.29 is 9.16 Å². The van der Waals surface area contributed by atoms with E-state index < -0.39 is 8.32 Å². The van der Waals surface area contributed by atoms with Gasteiger partial charge < -0.3 is 9.16 Å². The van der Waals surface area contributed by atoms with Crippen molar-refractivity contribution in [1.82, 2.24) is 4.98 Å². The molecule has 2 aliphatic carbocycles. The minimum absolute atomic E-state index is 0.0687. The number of hydrogen-bond acceptors (Lipinski definition) is 3. The molecule has 1 aromatic heterocycles. The smallest absolute Gasteiger partial charge is 0.192 e. The molecular weight excluding hydrogens is 506 g/mol. The van der Waals surface area contributed by atoms with Gasteiger partial charge >= 0.3 is 0 Å². The average Bonchev–Trinajstić information content (AvgIpc) is 3.41. The second-order valence-electron chi connectivity index (χ2n) is 16.8. The van der Waals surface area contributed by atoms with Gasteiger partial charge in [-0.05, 0) is 77.3 Å². The van der Waals surface area contributed by atoms with Crippen LogP contribution in [0.15, 0.2) is 24.3 Å². The van der Waals surface area contributed by atoms with E-state index in [1.54, 1.807) is 0 Å². The Morgan fingerprint density at radius 3 is 2.08 bits per heavy atom. The predicted molar refractivity (Wildman–Crippen MR) is 170 cm³/mol. The van der Waals surface area contributed by atoms with Gasteiger partial charge in [-0.1, -0.05) is 106 Å². The van der Waals surface area contributed by atoms with Crippen LogP contribution in [-0.2, 0) is 26.6 Å². The molecule has 2 aromatic rings. The van der Waals surface area contributed by atoms with Gasteiger partial charge in [0.25, 0.3) is 0 Å². The molecule has 2 atom stereocenters. The van der Waals surface area contributed by atoms with Crippen molar-refractivity contribution in [2.75, 3.05) is 0 Å². The first-order valence-electron chi connectivity index (χ1n) is 15.9.